The predicted octanol–water partition coefficient (Wildman–Crippen LogP) is 3.35. The number of hydrogen-bond acceptors (Lipinski definition) is 3. The third-order valence-electron chi connectivity index (χ3n) is 2.14. The summed E-state index contributed by atoms with van der Waals surface area (Å²) in [7, 11) is -3.73. The van der Waals surface area contributed by atoms with Crippen molar-refractivity contribution in [2.24, 2.45) is 0 Å². The van der Waals surface area contributed by atoms with Crippen molar-refractivity contribution < 1.29 is 13.2 Å². The SMILES string of the molecule is CCS(=O)(=O)[C@@](Cl)(Br)C(=O)c1ccc(Br)cc1. The average Bonchev–Trinajstić information content (AvgIpc) is 2.28. The van der Waals surface area contributed by atoms with E-state index >= 15 is 0 Å². The molecular formula is C10H9Br2ClO3S. The van der Waals surface area contributed by atoms with Gasteiger partial charge >= 0.3 is 0 Å². The van der Waals surface area contributed by atoms with E-state index in [0.717, 1.165) is 4.47 Å². The molecule has 0 aliphatic heterocycles. The van der Waals surface area contributed by atoms with Crippen LogP contribution in [0.1, 0.15) is 17.3 Å². The maximum atomic E-state index is 12.0. The molecule has 1 aromatic carbocycles. The minimum absolute atomic E-state index is 0.218. The molecule has 0 unspecified atom stereocenters. The van der Waals surface area contributed by atoms with Gasteiger partial charge < -0.3 is 0 Å². The van der Waals surface area contributed by atoms with E-state index in [4.69, 9.17) is 11.6 Å². The molecule has 0 saturated carbocycles. The molecule has 0 amide bonds. The molecule has 1 atom stereocenters. The number of carbonyl (C=O) groups is 1. The summed E-state index contributed by atoms with van der Waals surface area (Å²) in [5.41, 5.74) is 0.233. The number of Topliss-reactive ketones (excluding diaryl/α,β-unsaturated/α-hetero) is 1. The van der Waals surface area contributed by atoms with Gasteiger partial charge in [0.2, 0.25) is 5.78 Å². The number of hydrogen-bond donors (Lipinski definition) is 0. The van der Waals surface area contributed by atoms with Crippen LogP contribution in [-0.4, -0.2) is 23.1 Å². The normalized spacial score (nSPS) is 15.3. The van der Waals surface area contributed by atoms with E-state index in [2.05, 4.69) is 31.9 Å². The molecule has 0 bridgehead atoms. The Hall–Kier alpha value is 0.0900. The van der Waals surface area contributed by atoms with E-state index in [1.807, 2.05) is 0 Å². The van der Waals surface area contributed by atoms with E-state index in [1.54, 1.807) is 12.1 Å². The van der Waals surface area contributed by atoms with E-state index in [0.29, 0.717) is 0 Å². The molecule has 0 fully saturated rings. The van der Waals surface area contributed by atoms with Crippen LogP contribution in [0.4, 0.5) is 0 Å². The zero-order chi connectivity index (χ0) is 13.3. The Kier molecular flexibility index (Phi) is 4.80. The zero-order valence-electron chi connectivity index (χ0n) is 8.78. The van der Waals surface area contributed by atoms with Gasteiger partial charge in [0, 0.05) is 10.0 Å². The Morgan fingerprint density at radius 3 is 2.24 bits per heavy atom. The lowest BCUT2D eigenvalue weighted by Crippen LogP contribution is -2.36. The van der Waals surface area contributed by atoms with E-state index < -0.39 is 18.7 Å². The summed E-state index contributed by atoms with van der Waals surface area (Å²) in [4.78, 5) is 12.0. The summed E-state index contributed by atoms with van der Waals surface area (Å²) < 4.78 is 22.1. The van der Waals surface area contributed by atoms with Crippen molar-refractivity contribution in [1.82, 2.24) is 0 Å². The lowest BCUT2D eigenvalue weighted by Gasteiger charge is -2.18. The molecule has 7 heteroatoms. The molecule has 0 radical (unpaired) electrons. The zero-order valence-corrected chi connectivity index (χ0v) is 13.5. The molecule has 1 aromatic rings. The Morgan fingerprint density at radius 1 is 1.35 bits per heavy atom. The van der Waals surface area contributed by atoms with Crippen molar-refractivity contribution >= 4 is 59.1 Å². The second kappa shape index (κ2) is 5.38. The molecule has 0 N–H and O–H groups in total. The lowest BCUT2D eigenvalue weighted by molar-refractivity contribution is 0.1000. The van der Waals surface area contributed by atoms with Crippen molar-refractivity contribution in [3.05, 3.63) is 34.3 Å². The van der Waals surface area contributed by atoms with Crippen molar-refractivity contribution in [3.8, 4) is 0 Å². The topological polar surface area (TPSA) is 51.2 Å². The van der Waals surface area contributed by atoms with Crippen LogP contribution in [0.3, 0.4) is 0 Å². The van der Waals surface area contributed by atoms with Crippen LogP contribution in [0, 0.1) is 0 Å². The van der Waals surface area contributed by atoms with Gasteiger partial charge in [-0.1, -0.05) is 46.6 Å². The van der Waals surface area contributed by atoms with E-state index in [9.17, 15) is 13.2 Å². The maximum Gasteiger partial charge on any atom is 0.261 e. The molecule has 3 nitrogen and oxygen atoms in total. The van der Waals surface area contributed by atoms with Crippen molar-refractivity contribution in [1.29, 1.82) is 0 Å². The first-order valence-corrected chi connectivity index (χ1v) is 8.24. The smallest absolute Gasteiger partial charge is 0.261 e. The predicted molar refractivity (Wildman–Crippen MR) is 75.4 cm³/mol. The number of alkyl halides is 2. The van der Waals surface area contributed by atoms with Crippen molar-refractivity contribution in [2.45, 2.75) is 10.0 Å². The molecule has 0 spiro atoms. The minimum Gasteiger partial charge on any atom is -0.290 e. The highest BCUT2D eigenvalue weighted by Gasteiger charge is 2.45. The van der Waals surface area contributed by atoms with E-state index in [-0.39, 0.29) is 11.3 Å². The standard InChI is InChI=1S/C10H9Br2ClO3S/c1-2-17(15,16)10(12,13)9(14)7-3-5-8(11)6-4-7/h3-6H,2H2,1H3/t10-/m1/s1. The van der Waals surface area contributed by atoms with Crippen LogP contribution < -0.4 is 0 Å². The van der Waals surface area contributed by atoms with Gasteiger partial charge in [0.15, 0.2) is 9.84 Å². The summed E-state index contributed by atoms with van der Waals surface area (Å²) in [5.74, 6) is -0.905. The quantitative estimate of drug-likeness (QED) is 0.571. The fourth-order valence-electron chi connectivity index (χ4n) is 1.09. The van der Waals surface area contributed by atoms with Gasteiger partial charge in [-0.2, -0.15) is 0 Å². The number of sulfone groups is 1. The fourth-order valence-corrected chi connectivity index (χ4v) is 3.47. The first-order chi connectivity index (χ1) is 7.72. The molecular weight excluding hydrogens is 395 g/mol. The van der Waals surface area contributed by atoms with Gasteiger partial charge in [-0.05, 0) is 28.1 Å². The summed E-state index contributed by atoms with van der Waals surface area (Å²) >= 11 is 11.8. The average molecular weight is 405 g/mol. The molecule has 17 heavy (non-hydrogen) atoms. The van der Waals surface area contributed by atoms with Crippen LogP contribution in [0.5, 0.6) is 0 Å². The highest BCUT2D eigenvalue weighted by molar-refractivity contribution is 9.12. The Morgan fingerprint density at radius 2 is 1.82 bits per heavy atom. The Bertz CT molecular complexity index is 523. The van der Waals surface area contributed by atoms with Gasteiger partial charge in [0.1, 0.15) is 0 Å². The highest BCUT2D eigenvalue weighted by atomic mass is 79.9. The monoisotopic (exact) mass is 402 g/mol. The lowest BCUT2D eigenvalue weighted by atomic mass is 10.1. The van der Waals surface area contributed by atoms with E-state index in [1.165, 1.54) is 19.1 Å². The summed E-state index contributed by atoms with van der Waals surface area (Å²) in [5, 5.41) is 0. The fraction of sp³-hybridized carbons (Fsp3) is 0.300. The Balaban J connectivity index is 3.18. The number of carbonyl (C=O) groups excluding carboxylic acids is 1. The molecule has 0 aromatic heterocycles. The van der Waals surface area contributed by atoms with Crippen LogP contribution in [0.2, 0.25) is 0 Å². The molecule has 1 rings (SSSR count). The second-order valence-corrected chi connectivity index (χ2v) is 9.55. The highest BCUT2D eigenvalue weighted by Crippen LogP contribution is 2.35. The second-order valence-electron chi connectivity index (χ2n) is 3.26. The number of benzene rings is 1. The Labute approximate surface area is 122 Å². The largest absolute Gasteiger partial charge is 0.290 e. The first kappa shape index (κ1) is 15.1. The number of halogens is 3. The molecule has 0 aliphatic carbocycles. The van der Waals surface area contributed by atoms with Gasteiger partial charge in [0.05, 0.1) is 5.75 Å². The maximum absolute atomic E-state index is 12.0. The molecule has 0 aliphatic rings. The number of rotatable bonds is 4. The van der Waals surface area contributed by atoms with Gasteiger partial charge in [-0.25, -0.2) is 8.42 Å². The minimum atomic E-state index is -3.73. The van der Waals surface area contributed by atoms with Gasteiger partial charge in [0.25, 0.3) is 3.12 Å². The van der Waals surface area contributed by atoms with Crippen LogP contribution in [0.15, 0.2) is 28.7 Å². The summed E-state index contributed by atoms with van der Waals surface area (Å²) in [6.45, 7) is 1.43. The first-order valence-electron chi connectivity index (χ1n) is 4.63. The molecule has 94 valence electrons. The summed E-state index contributed by atoms with van der Waals surface area (Å²) in [6, 6.07) is 6.31. The third kappa shape index (κ3) is 3.10. The van der Waals surface area contributed by atoms with Crippen LogP contribution >= 0.6 is 43.5 Å². The van der Waals surface area contributed by atoms with Gasteiger partial charge in [-0.15, -0.1) is 0 Å². The van der Waals surface area contributed by atoms with Crippen molar-refractivity contribution in [2.75, 3.05) is 5.75 Å². The molecule has 0 heterocycles. The van der Waals surface area contributed by atoms with Gasteiger partial charge in [-0.3, -0.25) is 4.79 Å². The van der Waals surface area contributed by atoms with Crippen LogP contribution in [-0.2, 0) is 9.84 Å². The van der Waals surface area contributed by atoms with Crippen LogP contribution in [0.25, 0.3) is 0 Å². The molecule has 0 saturated heterocycles. The summed E-state index contributed by atoms with van der Waals surface area (Å²) in [6.07, 6.45) is 0. The van der Waals surface area contributed by atoms with Crippen molar-refractivity contribution in [3.63, 3.8) is 0 Å². The third-order valence-corrected chi connectivity index (χ3v) is 7.11. The number of ketones is 1.